The predicted octanol–water partition coefficient (Wildman–Crippen LogP) is 0.896. The average molecular weight is 229 g/mol. The summed E-state index contributed by atoms with van der Waals surface area (Å²) in [4.78, 5) is 15.0. The molecule has 6 heteroatoms. The molecule has 82 valence electrons. The molecule has 0 spiro atoms. The van der Waals surface area contributed by atoms with E-state index >= 15 is 0 Å². The number of nitrogen functional groups attached to an aromatic ring is 1. The van der Waals surface area contributed by atoms with Crippen LogP contribution in [0.2, 0.25) is 0 Å². The van der Waals surface area contributed by atoms with Crippen molar-refractivity contribution in [3.05, 3.63) is 23.6 Å². The van der Waals surface area contributed by atoms with E-state index in [9.17, 15) is 9.18 Å². The number of pyridine rings is 1. The zero-order chi connectivity index (χ0) is 11.3. The summed E-state index contributed by atoms with van der Waals surface area (Å²) in [5.74, 6) is -0.698. The molecule has 3 N–H and O–H groups in total. The molecule has 0 bridgehead atoms. The second-order valence-electron chi connectivity index (χ2n) is 2.81. The first-order valence-corrected chi connectivity index (χ1v) is 5.73. The van der Waals surface area contributed by atoms with Crippen molar-refractivity contribution in [3.8, 4) is 0 Å². The number of anilines is 1. The van der Waals surface area contributed by atoms with E-state index in [2.05, 4.69) is 10.3 Å². The monoisotopic (exact) mass is 229 g/mol. The number of thioether (sulfide) groups is 1. The lowest BCUT2D eigenvalue weighted by Crippen LogP contribution is -2.26. The maximum Gasteiger partial charge on any atom is 0.254 e. The molecule has 1 heterocycles. The summed E-state index contributed by atoms with van der Waals surface area (Å²) in [6.07, 6.45) is 3.24. The number of carbonyl (C=O) groups is 1. The first-order chi connectivity index (χ1) is 7.16. The number of amides is 1. The Morgan fingerprint density at radius 3 is 3.13 bits per heavy atom. The Morgan fingerprint density at radius 1 is 1.73 bits per heavy atom. The second-order valence-corrected chi connectivity index (χ2v) is 3.79. The SMILES string of the molecule is CSCCNC(=O)c1ccnc(N)c1F. The fourth-order valence-electron chi connectivity index (χ4n) is 0.997. The molecule has 0 saturated heterocycles. The highest BCUT2D eigenvalue weighted by Gasteiger charge is 2.13. The van der Waals surface area contributed by atoms with Crippen molar-refractivity contribution in [1.29, 1.82) is 0 Å². The predicted molar refractivity (Wildman–Crippen MR) is 59.3 cm³/mol. The van der Waals surface area contributed by atoms with Gasteiger partial charge in [-0.25, -0.2) is 9.37 Å². The van der Waals surface area contributed by atoms with E-state index in [-0.39, 0.29) is 11.4 Å². The van der Waals surface area contributed by atoms with Crippen LogP contribution in [-0.2, 0) is 0 Å². The van der Waals surface area contributed by atoms with Gasteiger partial charge in [-0.1, -0.05) is 0 Å². The minimum atomic E-state index is -0.765. The number of hydrogen-bond donors (Lipinski definition) is 2. The molecular weight excluding hydrogens is 217 g/mol. The van der Waals surface area contributed by atoms with Crippen LogP contribution in [0.25, 0.3) is 0 Å². The van der Waals surface area contributed by atoms with Crippen LogP contribution < -0.4 is 11.1 Å². The normalized spacial score (nSPS) is 10.0. The van der Waals surface area contributed by atoms with Crippen LogP contribution in [-0.4, -0.2) is 29.4 Å². The maximum atomic E-state index is 13.3. The van der Waals surface area contributed by atoms with Gasteiger partial charge < -0.3 is 11.1 Å². The summed E-state index contributed by atoms with van der Waals surface area (Å²) >= 11 is 1.60. The van der Waals surface area contributed by atoms with Gasteiger partial charge in [0.2, 0.25) is 0 Å². The molecule has 0 aliphatic rings. The summed E-state index contributed by atoms with van der Waals surface area (Å²) in [7, 11) is 0. The van der Waals surface area contributed by atoms with E-state index in [4.69, 9.17) is 5.73 Å². The number of nitrogens with one attached hydrogen (secondary N) is 1. The molecule has 15 heavy (non-hydrogen) atoms. The molecule has 0 aliphatic carbocycles. The van der Waals surface area contributed by atoms with Crippen LogP contribution in [0.5, 0.6) is 0 Å². The summed E-state index contributed by atoms with van der Waals surface area (Å²) in [6.45, 7) is 0.502. The largest absolute Gasteiger partial charge is 0.381 e. The third-order valence-electron chi connectivity index (χ3n) is 1.75. The zero-order valence-corrected chi connectivity index (χ0v) is 9.10. The third kappa shape index (κ3) is 3.09. The van der Waals surface area contributed by atoms with Gasteiger partial charge in [0.15, 0.2) is 11.6 Å². The van der Waals surface area contributed by atoms with Gasteiger partial charge in [-0.2, -0.15) is 11.8 Å². The first kappa shape index (κ1) is 11.8. The average Bonchev–Trinajstić information content (AvgIpc) is 2.22. The molecule has 0 saturated carbocycles. The maximum absolute atomic E-state index is 13.3. The Labute approximate surface area is 91.5 Å². The van der Waals surface area contributed by atoms with Crippen molar-refractivity contribution in [2.75, 3.05) is 24.3 Å². The number of carbonyl (C=O) groups excluding carboxylic acids is 1. The zero-order valence-electron chi connectivity index (χ0n) is 8.29. The quantitative estimate of drug-likeness (QED) is 0.753. The Morgan fingerprint density at radius 2 is 2.47 bits per heavy atom. The van der Waals surface area contributed by atoms with Crippen LogP contribution in [0.3, 0.4) is 0 Å². The van der Waals surface area contributed by atoms with Crippen LogP contribution in [0.4, 0.5) is 10.2 Å². The standard InChI is InChI=1S/C9H12FN3OS/c1-15-5-4-13-9(14)6-2-3-12-8(11)7(6)10/h2-3H,4-5H2,1H3,(H2,11,12)(H,13,14). The van der Waals surface area contributed by atoms with E-state index < -0.39 is 11.7 Å². The van der Waals surface area contributed by atoms with E-state index in [0.717, 1.165) is 5.75 Å². The molecule has 0 unspecified atom stereocenters. The van der Waals surface area contributed by atoms with Gasteiger partial charge in [-0.05, 0) is 12.3 Å². The molecule has 0 aliphatic heterocycles. The van der Waals surface area contributed by atoms with Crippen molar-refractivity contribution in [3.63, 3.8) is 0 Å². The molecule has 4 nitrogen and oxygen atoms in total. The van der Waals surface area contributed by atoms with Crippen molar-refractivity contribution < 1.29 is 9.18 Å². The summed E-state index contributed by atoms with van der Waals surface area (Å²) < 4.78 is 13.3. The minimum Gasteiger partial charge on any atom is -0.381 e. The number of aromatic nitrogens is 1. The lowest BCUT2D eigenvalue weighted by Gasteiger charge is -2.05. The minimum absolute atomic E-state index is 0.0661. The second kappa shape index (κ2) is 5.55. The van der Waals surface area contributed by atoms with Crippen molar-refractivity contribution in [1.82, 2.24) is 10.3 Å². The van der Waals surface area contributed by atoms with Crippen LogP contribution in [0.15, 0.2) is 12.3 Å². The number of nitrogens with two attached hydrogens (primary N) is 1. The van der Waals surface area contributed by atoms with Crippen LogP contribution in [0, 0.1) is 5.82 Å². The molecule has 0 aromatic carbocycles. The highest BCUT2D eigenvalue weighted by atomic mass is 32.2. The van der Waals surface area contributed by atoms with Crippen LogP contribution in [0.1, 0.15) is 10.4 Å². The number of nitrogens with zero attached hydrogens (tertiary/aromatic N) is 1. The first-order valence-electron chi connectivity index (χ1n) is 4.34. The van der Waals surface area contributed by atoms with E-state index in [1.165, 1.54) is 12.3 Å². The Balaban J connectivity index is 2.69. The molecule has 0 atom stereocenters. The van der Waals surface area contributed by atoms with Gasteiger partial charge in [0, 0.05) is 18.5 Å². The van der Waals surface area contributed by atoms with Crippen molar-refractivity contribution >= 4 is 23.5 Å². The summed E-state index contributed by atoms with van der Waals surface area (Å²) in [5, 5.41) is 2.58. The molecule has 0 fully saturated rings. The molecule has 1 aromatic heterocycles. The van der Waals surface area contributed by atoms with Gasteiger partial charge in [0.05, 0.1) is 5.56 Å². The lowest BCUT2D eigenvalue weighted by atomic mass is 10.2. The van der Waals surface area contributed by atoms with E-state index in [1.807, 2.05) is 6.26 Å². The van der Waals surface area contributed by atoms with Gasteiger partial charge in [-0.3, -0.25) is 4.79 Å². The van der Waals surface area contributed by atoms with Crippen molar-refractivity contribution in [2.45, 2.75) is 0 Å². The Bertz CT molecular complexity index is 359. The van der Waals surface area contributed by atoms with Gasteiger partial charge in [-0.15, -0.1) is 0 Å². The van der Waals surface area contributed by atoms with Crippen molar-refractivity contribution in [2.24, 2.45) is 0 Å². The van der Waals surface area contributed by atoms with Gasteiger partial charge in [0.1, 0.15) is 0 Å². The van der Waals surface area contributed by atoms with E-state index in [1.54, 1.807) is 11.8 Å². The summed E-state index contributed by atoms with van der Waals surface area (Å²) in [5.41, 5.74) is 5.18. The highest BCUT2D eigenvalue weighted by molar-refractivity contribution is 7.98. The van der Waals surface area contributed by atoms with Crippen LogP contribution >= 0.6 is 11.8 Å². The summed E-state index contributed by atoms with van der Waals surface area (Å²) in [6, 6.07) is 1.31. The molecule has 0 radical (unpaired) electrons. The third-order valence-corrected chi connectivity index (χ3v) is 2.36. The molecule has 1 rings (SSSR count). The topological polar surface area (TPSA) is 68.0 Å². The lowest BCUT2D eigenvalue weighted by molar-refractivity contribution is 0.0952. The van der Waals surface area contributed by atoms with Gasteiger partial charge >= 0.3 is 0 Å². The molecule has 1 aromatic rings. The highest BCUT2D eigenvalue weighted by Crippen LogP contribution is 2.11. The molecule has 1 amide bonds. The molecular formula is C9H12FN3OS. The fourth-order valence-corrected chi connectivity index (χ4v) is 1.30. The number of halogens is 1. The number of rotatable bonds is 4. The smallest absolute Gasteiger partial charge is 0.254 e. The Hall–Kier alpha value is -1.30. The fraction of sp³-hybridized carbons (Fsp3) is 0.333. The number of hydrogen-bond acceptors (Lipinski definition) is 4. The van der Waals surface area contributed by atoms with E-state index in [0.29, 0.717) is 6.54 Å². The van der Waals surface area contributed by atoms with Gasteiger partial charge in [0.25, 0.3) is 5.91 Å². The Kier molecular flexibility index (Phi) is 4.36.